The predicted molar refractivity (Wildman–Crippen MR) is 130 cm³/mol. The number of non-ortho nitro benzene ring substituents is 1. The van der Waals surface area contributed by atoms with Crippen LogP contribution in [0.2, 0.25) is 0 Å². The molecule has 0 saturated heterocycles. The molecule has 0 saturated carbocycles. The van der Waals surface area contributed by atoms with Gasteiger partial charge in [-0.15, -0.1) is 0 Å². The van der Waals surface area contributed by atoms with E-state index in [4.69, 9.17) is 26.4 Å². The number of hydrogen-bond donors (Lipinski definition) is 2. The van der Waals surface area contributed by atoms with E-state index >= 15 is 0 Å². The second-order valence-corrected chi connectivity index (χ2v) is 7.88. The number of aromatic nitrogens is 1. The summed E-state index contributed by atoms with van der Waals surface area (Å²) in [6.45, 7) is 6.67. The van der Waals surface area contributed by atoms with Crippen LogP contribution in [0, 0.1) is 10.1 Å². The van der Waals surface area contributed by atoms with Gasteiger partial charge in [0.05, 0.1) is 35.0 Å². The molecule has 33 heavy (non-hydrogen) atoms. The van der Waals surface area contributed by atoms with Crippen LogP contribution in [0.5, 0.6) is 17.2 Å². The minimum atomic E-state index is -0.478. The quantitative estimate of drug-likeness (QED) is 0.253. The zero-order valence-electron chi connectivity index (χ0n) is 18.2. The lowest BCUT2D eigenvalue weighted by molar-refractivity contribution is -0.384. The number of nitro benzene ring substituents is 1. The Morgan fingerprint density at radius 2 is 1.73 bits per heavy atom. The van der Waals surface area contributed by atoms with E-state index in [1.807, 2.05) is 20.8 Å². The number of fused-ring (bicyclic) bond motifs is 1. The third-order valence-corrected chi connectivity index (χ3v) is 5.34. The zero-order valence-corrected chi connectivity index (χ0v) is 19.8. The first-order chi connectivity index (χ1) is 15.9. The molecule has 3 aromatic rings. The lowest BCUT2D eigenvalue weighted by Gasteiger charge is -2.17. The highest BCUT2D eigenvalue weighted by Gasteiger charge is 2.19. The summed E-state index contributed by atoms with van der Waals surface area (Å²) in [6, 6.07) is 7.49. The van der Waals surface area contributed by atoms with Crippen LogP contribution in [0.25, 0.3) is 10.2 Å². The van der Waals surface area contributed by atoms with Crippen LogP contribution in [0.4, 0.5) is 10.8 Å². The van der Waals surface area contributed by atoms with Crippen molar-refractivity contribution in [2.24, 2.45) is 0 Å². The van der Waals surface area contributed by atoms with Crippen molar-refractivity contribution in [3.8, 4) is 17.2 Å². The summed E-state index contributed by atoms with van der Waals surface area (Å²) >= 11 is 6.43. The molecule has 2 N–H and O–H groups in total. The van der Waals surface area contributed by atoms with E-state index in [9.17, 15) is 14.9 Å². The highest BCUT2D eigenvalue weighted by atomic mass is 32.1. The van der Waals surface area contributed by atoms with E-state index in [2.05, 4.69) is 15.6 Å². The molecule has 1 amide bonds. The maximum atomic E-state index is 12.8. The number of rotatable bonds is 9. The van der Waals surface area contributed by atoms with Gasteiger partial charge in [-0.2, -0.15) is 0 Å². The van der Waals surface area contributed by atoms with E-state index in [-0.39, 0.29) is 16.4 Å². The average molecular weight is 491 g/mol. The van der Waals surface area contributed by atoms with E-state index in [1.165, 1.54) is 23.5 Å². The molecule has 3 rings (SSSR count). The van der Waals surface area contributed by atoms with Gasteiger partial charge in [-0.05, 0) is 51.2 Å². The molecular weight excluding hydrogens is 468 g/mol. The molecule has 0 atom stereocenters. The molecule has 1 heterocycles. The van der Waals surface area contributed by atoms with Crippen LogP contribution in [-0.4, -0.2) is 40.7 Å². The van der Waals surface area contributed by atoms with Crippen LogP contribution in [0.3, 0.4) is 0 Å². The van der Waals surface area contributed by atoms with Crippen LogP contribution in [-0.2, 0) is 0 Å². The van der Waals surface area contributed by atoms with Crippen molar-refractivity contribution in [3.63, 3.8) is 0 Å². The number of nitro groups is 1. The normalized spacial score (nSPS) is 10.5. The topological polar surface area (TPSA) is 125 Å². The average Bonchev–Trinajstić information content (AvgIpc) is 3.17. The van der Waals surface area contributed by atoms with Crippen LogP contribution >= 0.6 is 23.6 Å². The Balaban J connectivity index is 1.78. The summed E-state index contributed by atoms with van der Waals surface area (Å²) in [6.07, 6.45) is 0. The van der Waals surface area contributed by atoms with Crippen LogP contribution < -0.4 is 24.8 Å². The lowest BCUT2D eigenvalue weighted by Crippen LogP contribution is -2.34. The molecule has 1 aromatic heterocycles. The van der Waals surface area contributed by atoms with Crippen LogP contribution in [0.15, 0.2) is 30.3 Å². The Morgan fingerprint density at radius 3 is 2.30 bits per heavy atom. The summed E-state index contributed by atoms with van der Waals surface area (Å²) in [4.78, 5) is 27.6. The molecular formula is C21H22N4O6S2. The van der Waals surface area contributed by atoms with Crippen LogP contribution in [0.1, 0.15) is 31.1 Å². The Hall–Kier alpha value is -3.51. The molecule has 0 spiro atoms. The fraction of sp³-hybridized carbons (Fsp3) is 0.286. The highest BCUT2D eigenvalue weighted by Crippen LogP contribution is 2.39. The summed E-state index contributed by atoms with van der Waals surface area (Å²) in [5, 5.41) is 16.8. The summed E-state index contributed by atoms with van der Waals surface area (Å²) < 4.78 is 17.5. The van der Waals surface area contributed by atoms with Crippen molar-refractivity contribution in [1.29, 1.82) is 0 Å². The van der Waals surface area contributed by atoms with Gasteiger partial charge in [0.25, 0.3) is 11.6 Å². The number of anilines is 1. The zero-order chi connectivity index (χ0) is 24.0. The number of amides is 1. The Kier molecular flexibility index (Phi) is 7.96. The summed E-state index contributed by atoms with van der Waals surface area (Å²) in [5.41, 5.74) is 0.824. The maximum Gasteiger partial charge on any atom is 0.270 e. The number of thiazole rings is 1. The van der Waals surface area contributed by atoms with Gasteiger partial charge in [-0.25, -0.2) is 4.98 Å². The second-order valence-electron chi connectivity index (χ2n) is 6.44. The minimum Gasteiger partial charge on any atom is -0.490 e. The smallest absolute Gasteiger partial charge is 0.270 e. The van der Waals surface area contributed by atoms with Crippen molar-refractivity contribution in [1.82, 2.24) is 10.3 Å². The van der Waals surface area contributed by atoms with Gasteiger partial charge in [0.15, 0.2) is 21.7 Å². The number of ether oxygens (including phenoxy) is 3. The molecule has 2 aromatic carbocycles. The fourth-order valence-corrected chi connectivity index (χ4v) is 4.06. The van der Waals surface area contributed by atoms with E-state index in [0.717, 1.165) is 0 Å². The second kappa shape index (κ2) is 10.9. The molecule has 0 bridgehead atoms. The molecule has 0 aliphatic carbocycles. The van der Waals surface area contributed by atoms with E-state index in [1.54, 1.807) is 18.2 Å². The number of benzene rings is 2. The number of thiocarbonyl (C=S) groups is 1. The van der Waals surface area contributed by atoms with Gasteiger partial charge in [0.1, 0.15) is 0 Å². The van der Waals surface area contributed by atoms with Gasteiger partial charge < -0.3 is 19.5 Å². The van der Waals surface area contributed by atoms with Crippen molar-refractivity contribution in [2.75, 3.05) is 25.1 Å². The highest BCUT2D eigenvalue weighted by molar-refractivity contribution is 7.80. The molecule has 12 heteroatoms. The van der Waals surface area contributed by atoms with Crippen molar-refractivity contribution in [3.05, 3.63) is 46.0 Å². The Labute approximate surface area is 199 Å². The molecule has 0 unspecified atom stereocenters. The largest absolute Gasteiger partial charge is 0.490 e. The molecule has 0 fully saturated rings. The molecule has 0 aliphatic heterocycles. The van der Waals surface area contributed by atoms with Gasteiger partial charge in [-0.3, -0.25) is 20.2 Å². The van der Waals surface area contributed by atoms with Gasteiger partial charge in [0, 0.05) is 17.7 Å². The predicted octanol–water partition coefficient (Wildman–Crippen LogP) is 4.53. The van der Waals surface area contributed by atoms with Crippen molar-refractivity contribution in [2.45, 2.75) is 20.8 Å². The lowest BCUT2D eigenvalue weighted by atomic mass is 10.1. The fourth-order valence-electron chi connectivity index (χ4n) is 2.90. The summed E-state index contributed by atoms with van der Waals surface area (Å²) in [7, 11) is 0. The Bertz CT molecular complexity index is 1170. The van der Waals surface area contributed by atoms with E-state index < -0.39 is 10.8 Å². The number of hydrogen-bond acceptors (Lipinski definition) is 9. The first-order valence-electron chi connectivity index (χ1n) is 10.1. The number of carbonyl (C=O) groups is 1. The maximum absolute atomic E-state index is 12.8. The standard InChI is InChI=1S/C21H22N4O6S2/c1-4-29-15-9-12(10-16(30-5-2)18(15)31-6-3)19(26)23-20(32)24-21-22-14-8-7-13(25(27)28)11-17(14)33-21/h7-11H,4-6H2,1-3H3,(H2,22,23,24,26,32). The van der Waals surface area contributed by atoms with Gasteiger partial charge in [0.2, 0.25) is 5.75 Å². The minimum absolute atomic E-state index is 0.0263. The van der Waals surface area contributed by atoms with Gasteiger partial charge in [-0.1, -0.05) is 11.3 Å². The first-order valence-corrected chi connectivity index (χ1v) is 11.3. The van der Waals surface area contributed by atoms with Gasteiger partial charge >= 0.3 is 0 Å². The third kappa shape index (κ3) is 5.84. The summed E-state index contributed by atoms with van der Waals surface area (Å²) in [5.74, 6) is 0.736. The first kappa shape index (κ1) is 24.1. The molecule has 10 nitrogen and oxygen atoms in total. The number of nitrogens with one attached hydrogen (secondary N) is 2. The number of carbonyl (C=O) groups excluding carboxylic acids is 1. The third-order valence-electron chi connectivity index (χ3n) is 4.20. The molecule has 0 aliphatic rings. The monoisotopic (exact) mass is 490 g/mol. The van der Waals surface area contributed by atoms with E-state index in [0.29, 0.717) is 52.4 Å². The number of nitrogens with zero attached hydrogens (tertiary/aromatic N) is 2. The molecule has 0 radical (unpaired) electrons. The van der Waals surface area contributed by atoms with Crippen molar-refractivity contribution < 1.29 is 23.9 Å². The SMILES string of the molecule is CCOc1cc(C(=O)NC(=S)Nc2nc3ccc([N+](=O)[O-])cc3s2)cc(OCC)c1OCC. The molecule has 174 valence electrons. The Morgan fingerprint density at radius 1 is 1.09 bits per heavy atom. The van der Waals surface area contributed by atoms with Crippen molar-refractivity contribution >= 4 is 55.6 Å².